The first kappa shape index (κ1) is 18.7. The number of anilines is 2. The number of amides is 1. The van der Waals surface area contributed by atoms with Gasteiger partial charge in [-0.2, -0.15) is 0 Å². The summed E-state index contributed by atoms with van der Waals surface area (Å²) in [6.45, 7) is 2.18. The fourth-order valence-electron chi connectivity index (χ4n) is 2.99. The zero-order chi connectivity index (χ0) is 20.4. The van der Waals surface area contributed by atoms with E-state index in [0.29, 0.717) is 34.9 Å². The van der Waals surface area contributed by atoms with Gasteiger partial charge in [-0.15, -0.1) is 0 Å². The van der Waals surface area contributed by atoms with Gasteiger partial charge in [-0.3, -0.25) is 19.8 Å². The smallest absolute Gasteiger partial charge is 0.237 e. The van der Waals surface area contributed by atoms with Gasteiger partial charge in [0.2, 0.25) is 5.91 Å². The monoisotopic (exact) mass is 393 g/mol. The molecule has 0 fully saturated rings. The van der Waals surface area contributed by atoms with Crippen LogP contribution in [0.4, 0.5) is 25.8 Å². The lowest BCUT2D eigenvalue weighted by molar-refractivity contribution is -0.115. The highest BCUT2D eigenvalue weighted by Crippen LogP contribution is 2.32. The van der Waals surface area contributed by atoms with Gasteiger partial charge in [-0.25, -0.2) is 8.78 Å². The van der Waals surface area contributed by atoms with E-state index in [4.69, 9.17) is 0 Å². The van der Waals surface area contributed by atoms with Crippen molar-refractivity contribution in [2.24, 2.45) is 4.99 Å². The van der Waals surface area contributed by atoms with Crippen molar-refractivity contribution in [3.05, 3.63) is 77.4 Å². The van der Waals surface area contributed by atoms with Crippen LogP contribution in [0.2, 0.25) is 0 Å². The third-order valence-electron chi connectivity index (χ3n) is 4.51. The minimum atomic E-state index is -0.647. The van der Waals surface area contributed by atoms with Crippen LogP contribution >= 0.6 is 0 Å². The summed E-state index contributed by atoms with van der Waals surface area (Å²) in [7, 11) is 0. The number of aliphatic imine (C=N–C) groups is 1. The molecule has 1 aromatic heterocycles. The molecular weight excluding hydrogens is 376 g/mol. The summed E-state index contributed by atoms with van der Waals surface area (Å²) in [6, 6.07) is 8.58. The van der Waals surface area contributed by atoms with Gasteiger partial charge < -0.3 is 10.6 Å². The molecule has 2 N–H and O–H groups in total. The molecule has 0 aliphatic carbocycles. The van der Waals surface area contributed by atoms with Gasteiger partial charge in [-0.1, -0.05) is 6.07 Å². The molecule has 29 heavy (non-hydrogen) atoms. The topological polar surface area (TPSA) is 79.3 Å². The standard InChI is InChI=1S/C21H17F2N5O/c1-12-8-25-15(9-24-12)10-27-19-5-3-14(7-18(19)23)26-11-17-16-4-2-13(22)6-20(16)28-21(17)29/h2-9,11,17,27H,10H2,1H3,(H,28,29). The number of aryl methyl sites for hydroxylation is 1. The number of aromatic nitrogens is 2. The molecular formula is C21H17F2N5O. The summed E-state index contributed by atoms with van der Waals surface area (Å²) < 4.78 is 27.7. The lowest BCUT2D eigenvalue weighted by Crippen LogP contribution is -2.12. The van der Waals surface area contributed by atoms with Crippen LogP contribution in [0.25, 0.3) is 0 Å². The molecule has 1 aliphatic rings. The zero-order valence-electron chi connectivity index (χ0n) is 15.5. The maximum Gasteiger partial charge on any atom is 0.237 e. The highest BCUT2D eigenvalue weighted by Gasteiger charge is 2.29. The average Bonchev–Trinajstić information content (AvgIpc) is 3.01. The van der Waals surface area contributed by atoms with Crippen LogP contribution in [0.15, 0.2) is 53.8 Å². The molecule has 1 unspecified atom stereocenters. The summed E-state index contributed by atoms with van der Waals surface area (Å²) >= 11 is 0. The molecule has 0 saturated carbocycles. The second-order valence-electron chi connectivity index (χ2n) is 6.64. The highest BCUT2D eigenvalue weighted by atomic mass is 19.1. The number of hydrogen-bond donors (Lipinski definition) is 2. The van der Waals surface area contributed by atoms with E-state index in [1.165, 1.54) is 24.4 Å². The van der Waals surface area contributed by atoms with Crippen LogP contribution in [-0.4, -0.2) is 22.1 Å². The Kier molecular flexibility index (Phi) is 4.99. The maximum atomic E-state index is 14.4. The third-order valence-corrected chi connectivity index (χ3v) is 4.51. The van der Waals surface area contributed by atoms with Crippen LogP contribution < -0.4 is 10.6 Å². The van der Waals surface area contributed by atoms with Crippen molar-refractivity contribution in [2.75, 3.05) is 10.6 Å². The van der Waals surface area contributed by atoms with E-state index in [1.807, 2.05) is 6.92 Å². The summed E-state index contributed by atoms with van der Waals surface area (Å²) in [4.78, 5) is 24.7. The molecule has 146 valence electrons. The van der Waals surface area contributed by atoms with Gasteiger partial charge in [0.25, 0.3) is 0 Å². The van der Waals surface area contributed by atoms with Crippen LogP contribution in [0.1, 0.15) is 22.9 Å². The molecule has 0 saturated heterocycles. The predicted molar refractivity (Wildman–Crippen MR) is 106 cm³/mol. The lowest BCUT2D eigenvalue weighted by Gasteiger charge is -2.08. The normalized spacial score (nSPS) is 15.4. The first-order valence-electron chi connectivity index (χ1n) is 8.95. The molecule has 0 bridgehead atoms. The van der Waals surface area contributed by atoms with E-state index in [0.717, 1.165) is 5.69 Å². The van der Waals surface area contributed by atoms with Crippen LogP contribution in [0.3, 0.4) is 0 Å². The van der Waals surface area contributed by atoms with E-state index in [2.05, 4.69) is 25.6 Å². The molecule has 3 aromatic rings. The molecule has 8 heteroatoms. The molecule has 1 atom stereocenters. The Bertz CT molecular complexity index is 1100. The van der Waals surface area contributed by atoms with Gasteiger partial charge in [-0.05, 0) is 36.8 Å². The summed E-state index contributed by atoms with van der Waals surface area (Å²) in [5.41, 5.74) is 3.25. The van der Waals surface area contributed by atoms with Crippen molar-refractivity contribution in [2.45, 2.75) is 19.4 Å². The quantitative estimate of drug-likeness (QED) is 0.640. The van der Waals surface area contributed by atoms with Crippen molar-refractivity contribution in [1.82, 2.24) is 9.97 Å². The number of benzene rings is 2. The molecule has 6 nitrogen and oxygen atoms in total. The van der Waals surface area contributed by atoms with Crippen LogP contribution in [0, 0.1) is 18.6 Å². The summed E-state index contributed by atoms with van der Waals surface area (Å²) in [6.07, 6.45) is 4.72. The number of carbonyl (C=O) groups excluding carboxylic acids is 1. The molecule has 1 amide bonds. The molecule has 1 aliphatic heterocycles. The number of rotatable bonds is 5. The number of hydrogen-bond acceptors (Lipinski definition) is 5. The van der Waals surface area contributed by atoms with E-state index >= 15 is 0 Å². The Labute approximate surface area is 165 Å². The number of carbonyl (C=O) groups is 1. The SMILES string of the molecule is Cc1cnc(CNc2ccc(N=CC3C(=O)Nc4cc(F)ccc43)cc2F)cn1. The predicted octanol–water partition coefficient (Wildman–Crippen LogP) is 4.11. The van der Waals surface area contributed by atoms with Gasteiger partial charge in [0.1, 0.15) is 17.6 Å². The fraction of sp³-hybridized carbons (Fsp3) is 0.143. The van der Waals surface area contributed by atoms with Crippen molar-refractivity contribution in [3.8, 4) is 0 Å². The van der Waals surface area contributed by atoms with Crippen molar-refractivity contribution >= 4 is 29.2 Å². The number of nitrogens with one attached hydrogen (secondary N) is 2. The summed E-state index contributed by atoms with van der Waals surface area (Å²) in [5.74, 6) is -1.85. The Balaban J connectivity index is 1.46. The Morgan fingerprint density at radius 3 is 2.79 bits per heavy atom. The van der Waals surface area contributed by atoms with Crippen molar-refractivity contribution in [3.63, 3.8) is 0 Å². The van der Waals surface area contributed by atoms with Crippen LogP contribution in [-0.2, 0) is 11.3 Å². The maximum absolute atomic E-state index is 14.4. The van der Waals surface area contributed by atoms with Crippen molar-refractivity contribution in [1.29, 1.82) is 0 Å². The molecule has 0 spiro atoms. The zero-order valence-corrected chi connectivity index (χ0v) is 15.5. The summed E-state index contributed by atoms with van der Waals surface area (Å²) in [5, 5.41) is 5.58. The third kappa shape index (κ3) is 4.11. The van der Waals surface area contributed by atoms with Crippen LogP contribution in [0.5, 0.6) is 0 Å². The fourth-order valence-corrected chi connectivity index (χ4v) is 2.99. The Morgan fingerprint density at radius 2 is 2.03 bits per heavy atom. The van der Waals surface area contributed by atoms with E-state index < -0.39 is 17.6 Å². The van der Waals surface area contributed by atoms with Gasteiger partial charge >= 0.3 is 0 Å². The van der Waals surface area contributed by atoms with E-state index in [1.54, 1.807) is 30.6 Å². The second kappa shape index (κ2) is 7.75. The van der Waals surface area contributed by atoms with E-state index in [9.17, 15) is 13.6 Å². The Morgan fingerprint density at radius 1 is 1.17 bits per heavy atom. The van der Waals surface area contributed by atoms with Gasteiger partial charge in [0.15, 0.2) is 0 Å². The molecule has 2 heterocycles. The van der Waals surface area contributed by atoms with Gasteiger partial charge in [0.05, 0.1) is 35.5 Å². The number of nitrogens with zero attached hydrogens (tertiary/aromatic N) is 3. The molecule has 4 rings (SSSR count). The second-order valence-corrected chi connectivity index (χ2v) is 6.64. The van der Waals surface area contributed by atoms with Crippen molar-refractivity contribution < 1.29 is 13.6 Å². The lowest BCUT2D eigenvalue weighted by atomic mass is 10.0. The van der Waals surface area contributed by atoms with Gasteiger partial charge in [0, 0.05) is 24.2 Å². The molecule has 0 radical (unpaired) electrons. The number of halogens is 2. The highest BCUT2D eigenvalue weighted by molar-refractivity contribution is 6.12. The van der Waals surface area contributed by atoms with E-state index in [-0.39, 0.29) is 5.91 Å². The first-order valence-corrected chi connectivity index (χ1v) is 8.95. The average molecular weight is 393 g/mol. The largest absolute Gasteiger partial charge is 0.377 e. The number of fused-ring (bicyclic) bond motifs is 1. The first-order chi connectivity index (χ1) is 14.0. The minimum Gasteiger partial charge on any atom is -0.377 e. The Hall–Kier alpha value is -3.68. The minimum absolute atomic E-state index is 0.299. The molecule has 2 aromatic carbocycles.